The minimum absolute atomic E-state index is 0.0123. The van der Waals surface area contributed by atoms with Gasteiger partial charge in [0.1, 0.15) is 5.75 Å². The normalized spacial score (nSPS) is 15.4. The zero-order chi connectivity index (χ0) is 18.6. The third-order valence-corrected chi connectivity index (χ3v) is 4.18. The van der Waals surface area contributed by atoms with Crippen molar-refractivity contribution in [3.05, 3.63) is 29.8 Å². The zero-order valence-corrected chi connectivity index (χ0v) is 16.0. The molecule has 0 aliphatic carbocycles. The number of hydrogen-bond acceptors (Lipinski definition) is 3. The number of piperazine rings is 1. The highest BCUT2D eigenvalue weighted by molar-refractivity contribution is 5.94. The van der Waals surface area contributed by atoms with Gasteiger partial charge in [-0.3, -0.25) is 9.59 Å². The van der Waals surface area contributed by atoms with Crippen molar-refractivity contribution in [1.29, 1.82) is 0 Å². The van der Waals surface area contributed by atoms with E-state index in [4.69, 9.17) is 4.74 Å². The fourth-order valence-corrected chi connectivity index (χ4v) is 2.73. The van der Waals surface area contributed by atoms with Gasteiger partial charge in [0, 0.05) is 37.2 Å². The molecule has 2 amide bonds. The van der Waals surface area contributed by atoms with Crippen molar-refractivity contribution in [3.8, 4) is 5.75 Å². The minimum Gasteiger partial charge on any atom is -0.493 e. The summed E-state index contributed by atoms with van der Waals surface area (Å²) in [4.78, 5) is 28.6. The second kappa shape index (κ2) is 7.89. The Morgan fingerprint density at radius 1 is 1.00 bits per heavy atom. The number of amides is 2. The Balaban J connectivity index is 1.91. The third kappa shape index (κ3) is 5.21. The summed E-state index contributed by atoms with van der Waals surface area (Å²) in [5.41, 5.74) is 0.283. The zero-order valence-electron chi connectivity index (χ0n) is 16.0. The molecule has 0 radical (unpaired) electrons. The summed E-state index contributed by atoms with van der Waals surface area (Å²) < 4.78 is 5.65. The van der Waals surface area contributed by atoms with Gasteiger partial charge in [-0.1, -0.05) is 34.6 Å². The summed E-state index contributed by atoms with van der Waals surface area (Å²) in [6.07, 6.45) is 0. The van der Waals surface area contributed by atoms with Gasteiger partial charge in [0.25, 0.3) is 5.91 Å². The fourth-order valence-electron chi connectivity index (χ4n) is 2.73. The highest BCUT2D eigenvalue weighted by atomic mass is 16.5. The molecule has 5 heteroatoms. The lowest BCUT2D eigenvalue weighted by Gasteiger charge is -2.37. The molecular formula is C20H30N2O3. The Labute approximate surface area is 150 Å². The van der Waals surface area contributed by atoms with Crippen LogP contribution in [-0.2, 0) is 4.79 Å². The molecule has 0 spiro atoms. The lowest BCUT2D eigenvalue weighted by Crippen LogP contribution is -2.53. The van der Waals surface area contributed by atoms with Crippen LogP contribution in [0.1, 0.15) is 45.0 Å². The van der Waals surface area contributed by atoms with Gasteiger partial charge in [-0.25, -0.2) is 0 Å². The monoisotopic (exact) mass is 346 g/mol. The molecule has 5 nitrogen and oxygen atoms in total. The summed E-state index contributed by atoms with van der Waals surface area (Å²) in [6, 6.07) is 7.30. The molecule has 1 aliphatic rings. The van der Waals surface area contributed by atoms with Crippen molar-refractivity contribution >= 4 is 11.8 Å². The average Bonchev–Trinajstić information content (AvgIpc) is 2.58. The van der Waals surface area contributed by atoms with Gasteiger partial charge in [0.15, 0.2) is 0 Å². The Bertz CT molecular complexity index is 594. The van der Waals surface area contributed by atoms with E-state index in [0.717, 1.165) is 5.75 Å². The highest BCUT2D eigenvalue weighted by Gasteiger charge is 2.31. The van der Waals surface area contributed by atoms with E-state index in [9.17, 15) is 9.59 Å². The maximum atomic E-state index is 12.6. The van der Waals surface area contributed by atoms with Gasteiger partial charge < -0.3 is 14.5 Å². The van der Waals surface area contributed by atoms with E-state index in [0.29, 0.717) is 44.3 Å². The Kier molecular flexibility index (Phi) is 6.09. The molecule has 1 fully saturated rings. The fraction of sp³-hybridized carbons (Fsp3) is 0.600. The number of carbonyl (C=O) groups is 2. The molecular weight excluding hydrogens is 316 g/mol. The summed E-state index contributed by atoms with van der Waals surface area (Å²) in [7, 11) is 0. The maximum absolute atomic E-state index is 12.6. The molecule has 1 aromatic carbocycles. The van der Waals surface area contributed by atoms with E-state index in [1.54, 1.807) is 0 Å². The molecule has 0 N–H and O–H groups in total. The van der Waals surface area contributed by atoms with Crippen molar-refractivity contribution < 1.29 is 14.3 Å². The minimum atomic E-state index is -0.377. The first-order valence-corrected chi connectivity index (χ1v) is 9.00. The summed E-state index contributed by atoms with van der Waals surface area (Å²) in [6.45, 7) is 13.0. The van der Waals surface area contributed by atoms with Crippen molar-refractivity contribution in [3.63, 3.8) is 0 Å². The Morgan fingerprint density at radius 2 is 1.52 bits per heavy atom. The standard InChI is InChI=1S/C20H30N2O3/c1-15(2)14-25-17-8-6-16(7-9-17)18(23)21-10-12-22(13-11-21)19(24)20(3,4)5/h6-9,15H,10-14H2,1-5H3. The van der Waals surface area contributed by atoms with Crippen LogP contribution in [0.5, 0.6) is 5.75 Å². The topological polar surface area (TPSA) is 49.9 Å². The van der Waals surface area contributed by atoms with Crippen LogP contribution >= 0.6 is 0 Å². The summed E-state index contributed by atoms with van der Waals surface area (Å²) >= 11 is 0. The van der Waals surface area contributed by atoms with Gasteiger partial charge >= 0.3 is 0 Å². The molecule has 25 heavy (non-hydrogen) atoms. The molecule has 0 atom stereocenters. The first-order valence-electron chi connectivity index (χ1n) is 9.00. The molecule has 1 heterocycles. The van der Waals surface area contributed by atoms with Crippen LogP contribution in [0.15, 0.2) is 24.3 Å². The van der Waals surface area contributed by atoms with Crippen LogP contribution in [0.2, 0.25) is 0 Å². The lowest BCUT2D eigenvalue weighted by atomic mass is 9.94. The molecule has 1 saturated heterocycles. The van der Waals surface area contributed by atoms with E-state index < -0.39 is 0 Å². The van der Waals surface area contributed by atoms with Crippen molar-refractivity contribution in [2.24, 2.45) is 11.3 Å². The maximum Gasteiger partial charge on any atom is 0.253 e. The van der Waals surface area contributed by atoms with Gasteiger partial charge in [-0.15, -0.1) is 0 Å². The molecule has 0 saturated carbocycles. The molecule has 0 aromatic heterocycles. The van der Waals surface area contributed by atoms with Crippen molar-refractivity contribution in [2.45, 2.75) is 34.6 Å². The SMILES string of the molecule is CC(C)COc1ccc(C(=O)N2CCN(C(=O)C(C)(C)C)CC2)cc1. The van der Waals surface area contributed by atoms with Crippen molar-refractivity contribution in [2.75, 3.05) is 32.8 Å². The highest BCUT2D eigenvalue weighted by Crippen LogP contribution is 2.20. The van der Waals surface area contributed by atoms with Gasteiger partial charge in [0.05, 0.1) is 6.61 Å². The van der Waals surface area contributed by atoms with Crippen LogP contribution in [-0.4, -0.2) is 54.4 Å². The Hall–Kier alpha value is -2.04. The van der Waals surface area contributed by atoms with E-state index in [2.05, 4.69) is 13.8 Å². The second-order valence-corrected chi connectivity index (χ2v) is 8.06. The second-order valence-electron chi connectivity index (χ2n) is 8.06. The van der Waals surface area contributed by atoms with Gasteiger partial charge in [-0.05, 0) is 30.2 Å². The molecule has 0 unspecified atom stereocenters. The molecule has 0 bridgehead atoms. The largest absolute Gasteiger partial charge is 0.493 e. The molecule has 2 rings (SSSR count). The average molecular weight is 346 g/mol. The Morgan fingerprint density at radius 3 is 2.00 bits per heavy atom. The van der Waals surface area contributed by atoms with Gasteiger partial charge in [0.2, 0.25) is 5.91 Å². The summed E-state index contributed by atoms with van der Waals surface area (Å²) in [5, 5.41) is 0. The predicted octanol–water partition coefficient (Wildman–Crippen LogP) is 3.05. The molecule has 138 valence electrons. The van der Waals surface area contributed by atoms with Gasteiger partial charge in [-0.2, -0.15) is 0 Å². The van der Waals surface area contributed by atoms with Crippen LogP contribution in [0.4, 0.5) is 0 Å². The number of hydrogen-bond donors (Lipinski definition) is 0. The molecule has 1 aromatic rings. The van der Waals surface area contributed by atoms with Crippen molar-refractivity contribution in [1.82, 2.24) is 9.80 Å². The predicted molar refractivity (Wildman–Crippen MR) is 98.7 cm³/mol. The number of carbonyl (C=O) groups excluding carboxylic acids is 2. The van der Waals surface area contributed by atoms with E-state index in [1.807, 2.05) is 54.8 Å². The summed E-state index contributed by atoms with van der Waals surface area (Å²) in [5.74, 6) is 1.41. The quantitative estimate of drug-likeness (QED) is 0.842. The first kappa shape index (κ1) is 19.3. The number of rotatable bonds is 4. The van der Waals surface area contributed by atoms with E-state index >= 15 is 0 Å². The number of ether oxygens (including phenoxy) is 1. The number of benzene rings is 1. The van der Waals surface area contributed by atoms with Crippen LogP contribution in [0, 0.1) is 11.3 Å². The molecule has 1 aliphatic heterocycles. The third-order valence-electron chi connectivity index (χ3n) is 4.18. The van der Waals surface area contributed by atoms with Crippen LogP contribution in [0.3, 0.4) is 0 Å². The number of nitrogens with zero attached hydrogens (tertiary/aromatic N) is 2. The lowest BCUT2D eigenvalue weighted by molar-refractivity contribution is -0.140. The van der Waals surface area contributed by atoms with Crippen LogP contribution in [0.25, 0.3) is 0 Å². The smallest absolute Gasteiger partial charge is 0.253 e. The first-order chi connectivity index (χ1) is 11.7. The van der Waals surface area contributed by atoms with Crippen LogP contribution < -0.4 is 4.74 Å². The van der Waals surface area contributed by atoms with E-state index in [-0.39, 0.29) is 17.2 Å². The van der Waals surface area contributed by atoms with E-state index in [1.165, 1.54) is 0 Å².